The molecule has 1 aliphatic rings. The summed E-state index contributed by atoms with van der Waals surface area (Å²) in [7, 11) is 0. The molecule has 1 fully saturated rings. The highest BCUT2D eigenvalue weighted by Gasteiger charge is 2.31. The molecule has 1 atom stereocenters. The molecule has 15 heavy (non-hydrogen) atoms. The molecule has 2 heteroatoms. The fourth-order valence-corrected chi connectivity index (χ4v) is 2.23. The van der Waals surface area contributed by atoms with Gasteiger partial charge >= 0.3 is 0 Å². The summed E-state index contributed by atoms with van der Waals surface area (Å²) in [6, 6.07) is 8.00. The third-order valence-corrected chi connectivity index (χ3v) is 3.18. The normalized spacial score (nSPS) is 20.1. The van der Waals surface area contributed by atoms with Crippen LogP contribution in [0.3, 0.4) is 0 Å². The maximum atomic E-state index is 10.5. The summed E-state index contributed by atoms with van der Waals surface area (Å²) in [6.07, 6.45) is 6.00. The average molecular weight is 204 g/mol. The van der Waals surface area contributed by atoms with Gasteiger partial charge in [-0.15, -0.1) is 0 Å². The Morgan fingerprint density at radius 2 is 2.27 bits per heavy atom. The largest absolute Gasteiger partial charge is 0.385 e. The number of hydrogen-bond donors (Lipinski definition) is 2. The van der Waals surface area contributed by atoms with E-state index in [-0.39, 0.29) is 0 Å². The standard InChI is InChI=1S/C13H18NO/c14-10-11-5-4-6-12(9-11)13(15)7-2-1-3-8-13/h2,4-6,9,15H,1,3,7-8,10,14H2. The highest BCUT2D eigenvalue weighted by molar-refractivity contribution is 5.29. The molecule has 2 rings (SSSR count). The van der Waals surface area contributed by atoms with E-state index < -0.39 is 5.60 Å². The molecule has 1 aliphatic carbocycles. The third-order valence-electron chi connectivity index (χ3n) is 3.18. The smallest absolute Gasteiger partial charge is 0.0899 e. The van der Waals surface area contributed by atoms with Crippen molar-refractivity contribution in [2.45, 2.75) is 37.8 Å². The topological polar surface area (TPSA) is 46.2 Å². The predicted octanol–water partition coefficient (Wildman–Crippen LogP) is 2.11. The zero-order valence-electron chi connectivity index (χ0n) is 8.95. The first-order valence-electron chi connectivity index (χ1n) is 5.58. The van der Waals surface area contributed by atoms with Crippen LogP contribution in [0.25, 0.3) is 0 Å². The highest BCUT2D eigenvalue weighted by Crippen LogP contribution is 2.36. The van der Waals surface area contributed by atoms with Crippen molar-refractivity contribution in [2.24, 2.45) is 5.73 Å². The van der Waals surface area contributed by atoms with Crippen LogP contribution in [0.2, 0.25) is 0 Å². The Morgan fingerprint density at radius 1 is 1.40 bits per heavy atom. The number of hydrogen-bond acceptors (Lipinski definition) is 2. The van der Waals surface area contributed by atoms with Crippen molar-refractivity contribution < 1.29 is 5.11 Å². The van der Waals surface area contributed by atoms with Crippen molar-refractivity contribution in [3.8, 4) is 0 Å². The van der Waals surface area contributed by atoms with Gasteiger partial charge < -0.3 is 10.8 Å². The van der Waals surface area contributed by atoms with E-state index in [2.05, 4.69) is 6.42 Å². The Balaban J connectivity index is 2.26. The second-order valence-corrected chi connectivity index (χ2v) is 4.32. The molecule has 0 saturated heterocycles. The van der Waals surface area contributed by atoms with Gasteiger partial charge in [-0.3, -0.25) is 0 Å². The third kappa shape index (κ3) is 2.21. The first kappa shape index (κ1) is 10.7. The average Bonchev–Trinajstić information content (AvgIpc) is 2.30. The number of benzene rings is 1. The zero-order valence-corrected chi connectivity index (χ0v) is 8.95. The van der Waals surface area contributed by atoms with Crippen molar-refractivity contribution in [1.29, 1.82) is 0 Å². The monoisotopic (exact) mass is 204 g/mol. The van der Waals surface area contributed by atoms with Crippen LogP contribution in [-0.2, 0) is 12.1 Å². The summed E-state index contributed by atoms with van der Waals surface area (Å²) in [6.45, 7) is 0.535. The maximum Gasteiger partial charge on any atom is 0.0899 e. The van der Waals surface area contributed by atoms with Gasteiger partial charge in [0.05, 0.1) is 5.60 Å². The summed E-state index contributed by atoms with van der Waals surface area (Å²) in [5.74, 6) is 0. The fourth-order valence-electron chi connectivity index (χ4n) is 2.23. The van der Waals surface area contributed by atoms with Gasteiger partial charge in [0.2, 0.25) is 0 Å². The highest BCUT2D eigenvalue weighted by atomic mass is 16.3. The molecular weight excluding hydrogens is 186 g/mol. The maximum absolute atomic E-state index is 10.5. The van der Waals surface area contributed by atoms with E-state index in [0.29, 0.717) is 6.54 Å². The quantitative estimate of drug-likeness (QED) is 0.775. The fraction of sp³-hybridized carbons (Fsp3) is 0.462. The van der Waals surface area contributed by atoms with Crippen LogP contribution in [0.4, 0.5) is 0 Å². The van der Waals surface area contributed by atoms with Gasteiger partial charge in [-0.05, 0) is 43.2 Å². The summed E-state index contributed by atoms with van der Waals surface area (Å²) in [5, 5.41) is 10.5. The van der Waals surface area contributed by atoms with Crippen LogP contribution >= 0.6 is 0 Å². The van der Waals surface area contributed by atoms with E-state index in [1.165, 1.54) is 0 Å². The lowest BCUT2D eigenvalue weighted by molar-refractivity contribution is 0.0137. The SMILES string of the molecule is NCc1cccc(C2(O)C[CH]CCC2)c1. The van der Waals surface area contributed by atoms with Crippen molar-refractivity contribution in [1.82, 2.24) is 0 Å². The Bertz CT molecular complexity index is 329. The van der Waals surface area contributed by atoms with Crippen LogP contribution in [0.15, 0.2) is 24.3 Å². The van der Waals surface area contributed by atoms with E-state index >= 15 is 0 Å². The lowest BCUT2D eigenvalue weighted by Gasteiger charge is -2.32. The summed E-state index contributed by atoms with van der Waals surface area (Å²) in [5.41, 5.74) is 7.06. The van der Waals surface area contributed by atoms with Crippen molar-refractivity contribution >= 4 is 0 Å². The molecule has 1 aromatic carbocycles. The molecule has 3 N–H and O–H groups in total. The second-order valence-electron chi connectivity index (χ2n) is 4.32. The Labute approximate surface area is 91.1 Å². The van der Waals surface area contributed by atoms with Gasteiger partial charge in [-0.25, -0.2) is 0 Å². The zero-order chi connectivity index (χ0) is 10.7. The first-order valence-corrected chi connectivity index (χ1v) is 5.58. The Hall–Kier alpha value is -0.860. The lowest BCUT2D eigenvalue weighted by Crippen LogP contribution is -2.28. The first-order chi connectivity index (χ1) is 7.24. The Morgan fingerprint density at radius 3 is 2.93 bits per heavy atom. The van der Waals surface area contributed by atoms with E-state index in [0.717, 1.165) is 36.8 Å². The number of nitrogens with two attached hydrogens (primary N) is 1. The van der Waals surface area contributed by atoms with E-state index in [4.69, 9.17) is 5.73 Å². The molecule has 1 saturated carbocycles. The van der Waals surface area contributed by atoms with Crippen molar-refractivity contribution in [3.05, 3.63) is 41.8 Å². The van der Waals surface area contributed by atoms with E-state index in [1.54, 1.807) is 0 Å². The van der Waals surface area contributed by atoms with Crippen LogP contribution in [-0.4, -0.2) is 5.11 Å². The molecule has 2 nitrogen and oxygen atoms in total. The summed E-state index contributed by atoms with van der Waals surface area (Å²) < 4.78 is 0. The van der Waals surface area contributed by atoms with Crippen molar-refractivity contribution in [3.63, 3.8) is 0 Å². The minimum Gasteiger partial charge on any atom is -0.385 e. The lowest BCUT2D eigenvalue weighted by atomic mass is 9.79. The van der Waals surface area contributed by atoms with Gasteiger partial charge in [0.25, 0.3) is 0 Å². The van der Waals surface area contributed by atoms with E-state index in [9.17, 15) is 5.11 Å². The van der Waals surface area contributed by atoms with Crippen LogP contribution < -0.4 is 5.73 Å². The van der Waals surface area contributed by atoms with Crippen LogP contribution in [0.5, 0.6) is 0 Å². The van der Waals surface area contributed by atoms with Gasteiger partial charge in [-0.2, -0.15) is 0 Å². The number of rotatable bonds is 2. The summed E-state index contributed by atoms with van der Waals surface area (Å²) in [4.78, 5) is 0. The minimum atomic E-state index is -0.649. The molecular formula is C13H18NO. The van der Waals surface area contributed by atoms with Gasteiger partial charge in [0.15, 0.2) is 0 Å². The Kier molecular flexibility index (Phi) is 3.08. The van der Waals surface area contributed by atoms with Gasteiger partial charge in [0, 0.05) is 6.54 Å². The molecule has 0 aromatic heterocycles. The second kappa shape index (κ2) is 4.33. The molecule has 0 spiro atoms. The molecule has 0 bridgehead atoms. The molecule has 1 radical (unpaired) electrons. The van der Waals surface area contributed by atoms with Gasteiger partial charge in [-0.1, -0.05) is 24.3 Å². The van der Waals surface area contributed by atoms with Crippen LogP contribution in [0, 0.1) is 6.42 Å². The molecule has 0 aliphatic heterocycles. The molecule has 1 aromatic rings. The van der Waals surface area contributed by atoms with Crippen LogP contribution in [0.1, 0.15) is 36.8 Å². The van der Waals surface area contributed by atoms with E-state index in [1.807, 2.05) is 24.3 Å². The number of aliphatic hydroxyl groups is 1. The molecule has 0 amide bonds. The minimum absolute atomic E-state index is 0.535. The molecule has 1 unspecified atom stereocenters. The summed E-state index contributed by atoms with van der Waals surface area (Å²) >= 11 is 0. The molecule has 0 heterocycles. The van der Waals surface area contributed by atoms with Gasteiger partial charge in [0.1, 0.15) is 0 Å². The predicted molar refractivity (Wildman–Crippen MR) is 61.0 cm³/mol. The molecule has 81 valence electrons. The van der Waals surface area contributed by atoms with Crippen molar-refractivity contribution in [2.75, 3.05) is 0 Å².